The van der Waals surface area contributed by atoms with Gasteiger partial charge in [0.15, 0.2) is 5.96 Å². The Morgan fingerprint density at radius 1 is 1.23 bits per heavy atom. The summed E-state index contributed by atoms with van der Waals surface area (Å²) in [5, 5.41) is 6.64. The molecule has 0 atom stereocenters. The second kappa shape index (κ2) is 11.1. The molecule has 0 bridgehead atoms. The predicted molar refractivity (Wildman–Crippen MR) is 94.3 cm³/mol. The lowest BCUT2D eigenvalue weighted by Crippen LogP contribution is -2.38. The lowest BCUT2D eigenvalue weighted by atomic mass is 10.1. The zero-order chi connectivity index (χ0) is 16.2. The third kappa shape index (κ3) is 8.03. The molecule has 22 heavy (non-hydrogen) atoms. The highest BCUT2D eigenvalue weighted by Gasteiger charge is 1.99. The van der Waals surface area contributed by atoms with Crippen molar-refractivity contribution in [2.75, 3.05) is 26.3 Å². The van der Waals surface area contributed by atoms with Gasteiger partial charge < -0.3 is 15.4 Å². The van der Waals surface area contributed by atoms with Crippen LogP contribution in [-0.2, 0) is 11.3 Å². The van der Waals surface area contributed by atoms with Gasteiger partial charge in [0.05, 0.1) is 6.54 Å². The van der Waals surface area contributed by atoms with Crippen LogP contribution in [0.15, 0.2) is 29.3 Å². The Morgan fingerprint density at radius 3 is 2.68 bits per heavy atom. The minimum atomic E-state index is 0.598. The van der Waals surface area contributed by atoms with Crippen LogP contribution < -0.4 is 10.6 Å². The average Bonchev–Trinajstić information content (AvgIpc) is 2.49. The first-order chi connectivity index (χ1) is 10.6. The quantitative estimate of drug-likeness (QED) is 0.418. The Labute approximate surface area is 135 Å². The Bertz CT molecular complexity index is 444. The summed E-state index contributed by atoms with van der Waals surface area (Å²) in [6.45, 7) is 12.6. The van der Waals surface area contributed by atoms with E-state index in [-0.39, 0.29) is 0 Å². The maximum absolute atomic E-state index is 5.58. The van der Waals surface area contributed by atoms with Crippen molar-refractivity contribution in [1.82, 2.24) is 10.6 Å². The summed E-state index contributed by atoms with van der Waals surface area (Å²) >= 11 is 0. The van der Waals surface area contributed by atoms with Crippen LogP contribution in [0.5, 0.6) is 0 Å². The van der Waals surface area contributed by atoms with E-state index >= 15 is 0 Å². The standard InChI is InChI=1S/C18H31N3O/c1-5-19-18(20-11-8-12-22-14-15(2)3)21-13-17-10-7-6-9-16(17)4/h6-7,9-10,15H,5,8,11-14H2,1-4H3,(H2,19,20,21). The highest BCUT2D eigenvalue weighted by molar-refractivity contribution is 5.79. The molecule has 0 amide bonds. The molecule has 0 heterocycles. The van der Waals surface area contributed by atoms with Gasteiger partial charge in [0.25, 0.3) is 0 Å². The van der Waals surface area contributed by atoms with Crippen molar-refractivity contribution >= 4 is 5.96 Å². The van der Waals surface area contributed by atoms with Gasteiger partial charge in [-0.3, -0.25) is 0 Å². The SMILES string of the molecule is CCNC(=NCc1ccccc1C)NCCCOCC(C)C. The van der Waals surface area contributed by atoms with Crippen molar-refractivity contribution < 1.29 is 4.74 Å². The maximum Gasteiger partial charge on any atom is 0.191 e. The number of guanidine groups is 1. The number of hydrogen-bond acceptors (Lipinski definition) is 2. The Kier molecular flexibility index (Phi) is 9.31. The van der Waals surface area contributed by atoms with Crippen LogP contribution in [0.2, 0.25) is 0 Å². The van der Waals surface area contributed by atoms with E-state index in [9.17, 15) is 0 Å². The van der Waals surface area contributed by atoms with Crippen LogP contribution >= 0.6 is 0 Å². The van der Waals surface area contributed by atoms with E-state index in [1.54, 1.807) is 0 Å². The van der Waals surface area contributed by atoms with Crippen LogP contribution in [0.4, 0.5) is 0 Å². The van der Waals surface area contributed by atoms with Gasteiger partial charge in [-0.25, -0.2) is 4.99 Å². The van der Waals surface area contributed by atoms with Crippen molar-refractivity contribution in [2.45, 2.75) is 40.7 Å². The number of nitrogens with one attached hydrogen (secondary N) is 2. The zero-order valence-corrected chi connectivity index (χ0v) is 14.5. The molecular formula is C18H31N3O. The molecule has 4 heteroatoms. The molecule has 1 aromatic rings. The minimum Gasteiger partial charge on any atom is -0.381 e. The van der Waals surface area contributed by atoms with Crippen molar-refractivity contribution in [3.05, 3.63) is 35.4 Å². The summed E-state index contributed by atoms with van der Waals surface area (Å²) in [5.74, 6) is 1.47. The molecule has 4 nitrogen and oxygen atoms in total. The monoisotopic (exact) mass is 305 g/mol. The van der Waals surface area contributed by atoms with Gasteiger partial charge in [-0.2, -0.15) is 0 Å². The molecule has 0 aliphatic rings. The summed E-state index contributed by atoms with van der Waals surface area (Å²) in [5.41, 5.74) is 2.55. The Hall–Kier alpha value is -1.55. The van der Waals surface area contributed by atoms with Crippen LogP contribution in [0.25, 0.3) is 0 Å². The molecule has 1 rings (SSSR count). The van der Waals surface area contributed by atoms with Gasteiger partial charge in [-0.15, -0.1) is 0 Å². The van der Waals surface area contributed by atoms with E-state index in [1.807, 2.05) is 0 Å². The zero-order valence-electron chi connectivity index (χ0n) is 14.5. The predicted octanol–water partition coefficient (Wildman–Crippen LogP) is 3.11. The van der Waals surface area contributed by atoms with E-state index < -0.39 is 0 Å². The second-order valence-electron chi connectivity index (χ2n) is 5.87. The van der Waals surface area contributed by atoms with E-state index in [0.29, 0.717) is 12.5 Å². The first-order valence-electron chi connectivity index (χ1n) is 8.28. The number of aryl methyl sites for hydroxylation is 1. The van der Waals surface area contributed by atoms with Gasteiger partial charge in [0.2, 0.25) is 0 Å². The van der Waals surface area contributed by atoms with Crippen LogP contribution in [0, 0.1) is 12.8 Å². The number of benzene rings is 1. The first-order valence-corrected chi connectivity index (χ1v) is 8.28. The van der Waals surface area contributed by atoms with Crippen molar-refractivity contribution in [3.63, 3.8) is 0 Å². The lowest BCUT2D eigenvalue weighted by molar-refractivity contribution is 0.108. The van der Waals surface area contributed by atoms with Gasteiger partial charge in [-0.1, -0.05) is 38.1 Å². The van der Waals surface area contributed by atoms with Gasteiger partial charge in [-0.05, 0) is 37.3 Å². The Balaban J connectivity index is 2.35. The third-order valence-electron chi connectivity index (χ3n) is 3.22. The fourth-order valence-corrected chi connectivity index (χ4v) is 1.99. The molecule has 0 aliphatic heterocycles. The van der Waals surface area contributed by atoms with Crippen LogP contribution in [0.3, 0.4) is 0 Å². The number of aliphatic imine (C=N–C) groups is 1. The van der Waals surface area contributed by atoms with Gasteiger partial charge in [0, 0.05) is 26.3 Å². The number of rotatable bonds is 9. The third-order valence-corrected chi connectivity index (χ3v) is 3.22. The molecule has 1 aromatic carbocycles. The smallest absolute Gasteiger partial charge is 0.191 e. The fourth-order valence-electron chi connectivity index (χ4n) is 1.99. The molecule has 0 saturated heterocycles. The molecule has 0 radical (unpaired) electrons. The van der Waals surface area contributed by atoms with Crippen molar-refractivity contribution in [1.29, 1.82) is 0 Å². The van der Waals surface area contributed by atoms with Crippen LogP contribution in [0.1, 0.15) is 38.3 Å². The largest absolute Gasteiger partial charge is 0.381 e. The summed E-state index contributed by atoms with van der Waals surface area (Å²) in [6, 6.07) is 8.37. The summed E-state index contributed by atoms with van der Waals surface area (Å²) in [4.78, 5) is 4.64. The van der Waals surface area contributed by atoms with Gasteiger partial charge >= 0.3 is 0 Å². The number of nitrogens with zero attached hydrogens (tertiary/aromatic N) is 1. The topological polar surface area (TPSA) is 45.7 Å². The molecule has 2 N–H and O–H groups in total. The van der Waals surface area contributed by atoms with Crippen molar-refractivity contribution in [2.24, 2.45) is 10.9 Å². The Morgan fingerprint density at radius 2 is 2.00 bits per heavy atom. The summed E-state index contributed by atoms with van der Waals surface area (Å²) in [6.07, 6.45) is 0.988. The van der Waals surface area contributed by atoms with E-state index in [2.05, 4.69) is 67.6 Å². The van der Waals surface area contributed by atoms with Gasteiger partial charge in [0.1, 0.15) is 0 Å². The highest BCUT2D eigenvalue weighted by Crippen LogP contribution is 2.07. The summed E-state index contributed by atoms with van der Waals surface area (Å²) < 4.78 is 5.58. The number of hydrogen-bond donors (Lipinski definition) is 2. The first kappa shape index (κ1) is 18.5. The molecule has 124 valence electrons. The molecule has 0 saturated carbocycles. The molecule has 0 aliphatic carbocycles. The van der Waals surface area contributed by atoms with Crippen molar-refractivity contribution in [3.8, 4) is 0 Å². The van der Waals surface area contributed by atoms with E-state index in [0.717, 1.165) is 38.7 Å². The molecular weight excluding hydrogens is 274 g/mol. The molecule has 0 unspecified atom stereocenters. The number of ether oxygens (including phenoxy) is 1. The maximum atomic E-state index is 5.58. The summed E-state index contributed by atoms with van der Waals surface area (Å²) in [7, 11) is 0. The average molecular weight is 305 g/mol. The molecule has 0 aromatic heterocycles. The van der Waals surface area contributed by atoms with Crippen LogP contribution in [-0.4, -0.2) is 32.3 Å². The normalized spacial score (nSPS) is 11.8. The second-order valence-corrected chi connectivity index (χ2v) is 5.87. The minimum absolute atomic E-state index is 0.598. The molecule has 0 spiro atoms. The lowest BCUT2D eigenvalue weighted by Gasteiger charge is -2.12. The van der Waals surface area contributed by atoms with E-state index in [1.165, 1.54) is 11.1 Å². The fraction of sp³-hybridized carbons (Fsp3) is 0.611. The molecule has 0 fully saturated rings. The highest BCUT2D eigenvalue weighted by atomic mass is 16.5. The van der Waals surface area contributed by atoms with E-state index in [4.69, 9.17) is 4.74 Å².